The highest BCUT2D eigenvalue weighted by Gasteiger charge is 2.40. The summed E-state index contributed by atoms with van der Waals surface area (Å²) in [7, 11) is 1.31. The molecule has 0 bridgehead atoms. The summed E-state index contributed by atoms with van der Waals surface area (Å²) in [4.78, 5) is 43.1. The SMILES string of the molecule is CCCCCCN1C(=NC(=O)c2ccc(C#N)cc2)SC(C(=O)NCCC(=O)OC)C1C. The zero-order chi connectivity index (χ0) is 23.5. The Morgan fingerprint density at radius 3 is 2.56 bits per heavy atom. The van der Waals surface area contributed by atoms with E-state index in [4.69, 9.17) is 5.26 Å². The van der Waals surface area contributed by atoms with Gasteiger partial charge in [0.25, 0.3) is 5.91 Å². The van der Waals surface area contributed by atoms with Gasteiger partial charge in [0.05, 0.1) is 25.2 Å². The molecule has 172 valence electrons. The van der Waals surface area contributed by atoms with Gasteiger partial charge < -0.3 is 15.0 Å². The van der Waals surface area contributed by atoms with E-state index in [0.29, 0.717) is 22.8 Å². The van der Waals surface area contributed by atoms with Gasteiger partial charge in [-0.1, -0.05) is 37.9 Å². The van der Waals surface area contributed by atoms with Crippen molar-refractivity contribution >= 4 is 34.7 Å². The van der Waals surface area contributed by atoms with E-state index in [0.717, 1.165) is 25.7 Å². The maximum absolute atomic E-state index is 12.7. The molecule has 0 radical (unpaired) electrons. The Bertz CT molecular complexity index is 879. The lowest BCUT2D eigenvalue weighted by atomic mass is 10.1. The first-order valence-corrected chi connectivity index (χ1v) is 11.7. The molecule has 1 aliphatic heterocycles. The smallest absolute Gasteiger partial charge is 0.307 e. The van der Waals surface area contributed by atoms with Crippen LogP contribution in [0.3, 0.4) is 0 Å². The lowest BCUT2D eigenvalue weighted by Crippen LogP contribution is -2.43. The molecule has 0 aromatic heterocycles. The van der Waals surface area contributed by atoms with E-state index in [1.165, 1.54) is 18.9 Å². The molecule has 1 fully saturated rings. The lowest BCUT2D eigenvalue weighted by molar-refractivity contribution is -0.140. The van der Waals surface area contributed by atoms with Crippen LogP contribution in [0.25, 0.3) is 0 Å². The van der Waals surface area contributed by atoms with Gasteiger partial charge in [-0.2, -0.15) is 10.3 Å². The van der Waals surface area contributed by atoms with Crippen LogP contribution < -0.4 is 5.32 Å². The lowest BCUT2D eigenvalue weighted by Gasteiger charge is -2.25. The molecule has 1 aromatic rings. The summed E-state index contributed by atoms with van der Waals surface area (Å²) in [5.74, 6) is -0.985. The van der Waals surface area contributed by atoms with Gasteiger partial charge in [-0.3, -0.25) is 14.4 Å². The molecule has 8 nitrogen and oxygen atoms in total. The predicted octanol–water partition coefficient (Wildman–Crippen LogP) is 3.12. The molecule has 1 saturated heterocycles. The van der Waals surface area contributed by atoms with Crippen molar-refractivity contribution in [3.8, 4) is 6.07 Å². The predicted molar refractivity (Wildman–Crippen MR) is 124 cm³/mol. The highest BCUT2D eigenvalue weighted by atomic mass is 32.2. The van der Waals surface area contributed by atoms with E-state index < -0.39 is 11.2 Å². The number of aliphatic imine (C=N–C) groups is 1. The first kappa shape index (κ1) is 25.4. The standard InChI is InChI=1S/C23H30N4O4S/c1-4-5-6-7-14-27-16(2)20(22(30)25-13-12-19(28)31-3)32-23(27)26-21(29)18-10-8-17(15-24)9-11-18/h8-11,16,20H,4-7,12-14H2,1-3H3,(H,25,30). The zero-order valence-electron chi connectivity index (χ0n) is 18.8. The number of ether oxygens (including phenoxy) is 1. The van der Waals surface area contributed by atoms with Crippen molar-refractivity contribution in [1.82, 2.24) is 10.2 Å². The Hall–Kier alpha value is -2.86. The maximum Gasteiger partial charge on any atom is 0.307 e. The number of nitrogens with zero attached hydrogens (tertiary/aromatic N) is 3. The van der Waals surface area contributed by atoms with E-state index in [-0.39, 0.29) is 30.9 Å². The van der Waals surface area contributed by atoms with Crippen molar-refractivity contribution in [1.29, 1.82) is 5.26 Å². The second-order valence-corrected chi connectivity index (χ2v) is 8.65. The summed E-state index contributed by atoms with van der Waals surface area (Å²) < 4.78 is 4.60. The maximum atomic E-state index is 12.7. The number of nitriles is 1. The molecule has 2 amide bonds. The van der Waals surface area contributed by atoms with Gasteiger partial charge in [0.1, 0.15) is 5.25 Å². The Labute approximate surface area is 193 Å². The summed E-state index contributed by atoms with van der Waals surface area (Å²) in [6.07, 6.45) is 4.36. The van der Waals surface area contributed by atoms with Crippen molar-refractivity contribution < 1.29 is 19.1 Å². The Kier molecular flexibility index (Phi) is 10.2. The number of hydrogen-bond donors (Lipinski definition) is 1. The first-order chi connectivity index (χ1) is 15.4. The van der Waals surface area contributed by atoms with E-state index in [1.807, 2.05) is 17.9 Å². The Balaban J connectivity index is 2.14. The molecule has 1 aromatic carbocycles. The summed E-state index contributed by atoms with van der Waals surface area (Å²) >= 11 is 1.27. The fourth-order valence-corrected chi connectivity index (χ4v) is 4.61. The summed E-state index contributed by atoms with van der Waals surface area (Å²) in [5, 5.41) is 11.8. The molecule has 32 heavy (non-hydrogen) atoms. The van der Waals surface area contributed by atoms with Crippen LogP contribution in [0.4, 0.5) is 0 Å². The molecule has 2 unspecified atom stereocenters. The second kappa shape index (κ2) is 12.9. The van der Waals surface area contributed by atoms with E-state index in [1.54, 1.807) is 24.3 Å². The Morgan fingerprint density at radius 1 is 1.22 bits per heavy atom. The fraction of sp³-hybridized carbons (Fsp3) is 0.522. The van der Waals surface area contributed by atoms with Crippen LogP contribution in [-0.4, -0.2) is 59.3 Å². The van der Waals surface area contributed by atoms with Gasteiger partial charge in [-0.15, -0.1) is 0 Å². The molecule has 1 heterocycles. The highest BCUT2D eigenvalue weighted by Crippen LogP contribution is 2.32. The van der Waals surface area contributed by atoms with Crippen LogP contribution in [-0.2, 0) is 14.3 Å². The molecular weight excluding hydrogens is 428 g/mol. The quantitative estimate of drug-likeness (QED) is 0.423. The molecular formula is C23H30N4O4S. The minimum absolute atomic E-state index is 0.104. The van der Waals surface area contributed by atoms with E-state index >= 15 is 0 Å². The van der Waals surface area contributed by atoms with Crippen LogP contribution in [0.1, 0.15) is 61.9 Å². The zero-order valence-corrected chi connectivity index (χ0v) is 19.6. The van der Waals surface area contributed by atoms with Crippen LogP contribution in [0, 0.1) is 11.3 Å². The summed E-state index contributed by atoms with van der Waals surface area (Å²) in [6, 6.07) is 8.20. The van der Waals surface area contributed by atoms with E-state index in [2.05, 4.69) is 22.0 Å². The number of esters is 1. The van der Waals surface area contributed by atoms with Crippen LogP contribution in [0.15, 0.2) is 29.3 Å². The minimum Gasteiger partial charge on any atom is -0.469 e. The number of thioether (sulfide) groups is 1. The van der Waals surface area contributed by atoms with Gasteiger partial charge in [0.15, 0.2) is 5.17 Å². The molecule has 1 aliphatic rings. The van der Waals surface area contributed by atoms with Gasteiger partial charge in [-0.25, -0.2) is 0 Å². The van der Waals surface area contributed by atoms with E-state index in [9.17, 15) is 14.4 Å². The third-order valence-corrected chi connectivity index (χ3v) is 6.63. The number of amidine groups is 1. The van der Waals surface area contributed by atoms with Crippen molar-refractivity contribution in [2.75, 3.05) is 20.2 Å². The third kappa shape index (κ3) is 7.09. The largest absolute Gasteiger partial charge is 0.469 e. The number of nitrogens with one attached hydrogen (secondary N) is 1. The van der Waals surface area contributed by atoms with Crippen LogP contribution in [0.2, 0.25) is 0 Å². The average Bonchev–Trinajstić information content (AvgIpc) is 3.11. The number of amides is 2. The first-order valence-electron chi connectivity index (χ1n) is 10.8. The molecule has 9 heteroatoms. The normalized spacial score (nSPS) is 18.9. The minimum atomic E-state index is -0.439. The summed E-state index contributed by atoms with van der Waals surface area (Å²) in [5.41, 5.74) is 0.862. The monoisotopic (exact) mass is 458 g/mol. The van der Waals surface area contributed by atoms with Crippen LogP contribution in [0.5, 0.6) is 0 Å². The Morgan fingerprint density at radius 2 is 1.94 bits per heavy atom. The molecule has 1 N–H and O–H groups in total. The van der Waals surface area contributed by atoms with Gasteiger partial charge >= 0.3 is 5.97 Å². The number of hydrogen-bond acceptors (Lipinski definition) is 6. The third-order valence-electron chi connectivity index (χ3n) is 5.23. The average molecular weight is 459 g/mol. The highest BCUT2D eigenvalue weighted by molar-refractivity contribution is 8.15. The molecule has 0 aliphatic carbocycles. The molecule has 0 spiro atoms. The second-order valence-electron chi connectivity index (χ2n) is 7.54. The van der Waals surface area contributed by atoms with Crippen molar-refractivity contribution in [3.63, 3.8) is 0 Å². The molecule has 2 rings (SSSR count). The number of unbranched alkanes of at least 4 members (excludes halogenated alkanes) is 3. The van der Waals surface area contributed by atoms with Gasteiger partial charge in [0, 0.05) is 24.7 Å². The number of benzene rings is 1. The van der Waals surface area contributed by atoms with Crippen molar-refractivity contribution in [3.05, 3.63) is 35.4 Å². The van der Waals surface area contributed by atoms with Gasteiger partial charge in [0.2, 0.25) is 5.91 Å². The number of rotatable bonds is 10. The van der Waals surface area contributed by atoms with Crippen LogP contribution >= 0.6 is 11.8 Å². The molecule has 2 atom stereocenters. The van der Waals surface area contributed by atoms with Crippen molar-refractivity contribution in [2.45, 2.75) is 57.2 Å². The van der Waals surface area contributed by atoms with Crippen molar-refractivity contribution in [2.24, 2.45) is 4.99 Å². The van der Waals surface area contributed by atoms with Gasteiger partial charge in [-0.05, 0) is 37.6 Å². The number of carbonyl (C=O) groups is 3. The molecule has 0 saturated carbocycles. The number of carbonyl (C=O) groups excluding carboxylic acids is 3. The topological polar surface area (TPSA) is 112 Å². The summed E-state index contributed by atoms with van der Waals surface area (Å²) in [6.45, 7) is 5.00. The number of methoxy groups -OCH3 is 1. The fourth-order valence-electron chi connectivity index (χ4n) is 3.32.